The molecule has 11 heteroatoms. The van der Waals surface area contributed by atoms with Crippen LogP contribution in [0, 0.1) is 11.6 Å². The van der Waals surface area contributed by atoms with Crippen LogP contribution in [-0.2, 0) is 12.4 Å². The fourth-order valence-corrected chi connectivity index (χ4v) is 4.48. The highest BCUT2D eigenvalue weighted by Gasteiger charge is 2.38. The van der Waals surface area contributed by atoms with E-state index in [1.54, 1.807) is 6.08 Å². The monoisotopic (exact) mass is 626 g/mol. The summed E-state index contributed by atoms with van der Waals surface area (Å²) in [4.78, 5) is 13.7. The quantitative estimate of drug-likeness (QED) is 0.170. The second kappa shape index (κ2) is 16.2. The highest BCUT2D eigenvalue weighted by Crippen LogP contribution is 2.36. The lowest BCUT2D eigenvalue weighted by molar-refractivity contribution is -0.143. The lowest BCUT2D eigenvalue weighted by atomic mass is 9.94. The van der Waals surface area contributed by atoms with E-state index in [0.29, 0.717) is 30.0 Å². The molecule has 0 aliphatic rings. The minimum absolute atomic E-state index is 0.0198. The fraction of sp³-hybridized carbons (Fsp3) is 0.303. The van der Waals surface area contributed by atoms with Crippen LogP contribution >= 0.6 is 0 Å². The molecule has 0 radical (unpaired) electrons. The van der Waals surface area contributed by atoms with Gasteiger partial charge in [0.05, 0.1) is 11.1 Å². The summed E-state index contributed by atoms with van der Waals surface area (Å²) in [5, 5.41) is 3.12. The molecule has 0 bridgehead atoms. The fourth-order valence-electron chi connectivity index (χ4n) is 4.48. The summed E-state index contributed by atoms with van der Waals surface area (Å²) in [6, 6.07) is 12.9. The summed E-state index contributed by atoms with van der Waals surface area (Å²) in [7, 11) is 3.19. The van der Waals surface area contributed by atoms with Crippen molar-refractivity contribution in [1.82, 2.24) is 10.2 Å². The van der Waals surface area contributed by atoms with E-state index in [0.717, 1.165) is 23.4 Å². The van der Waals surface area contributed by atoms with Crippen molar-refractivity contribution in [2.45, 2.75) is 37.0 Å². The summed E-state index contributed by atoms with van der Waals surface area (Å²) in [6.45, 7) is 8.19. The first kappa shape index (κ1) is 36.2. The maximum Gasteiger partial charge on any atom is 0.416 e. The molecule has 238 valence electrons. The van der Waals surface area contributed by atoms with E-state index in [4.69, 9.17) is 0 Å². The van der Waals surface area contributed by atoms with Gasteiger partial charge in [0.1, 0.15) is 11.6 Å². The van der Waals surface area contributed by atoms with Crippen molar-refractivity contribution in [3.63, 3.8) is 0 Å². The van der Waals surface area contributed by atoms with Crippen molar-refractivity contribution in [2.24, 2.45) is 0 Å². The van der Waals surface area contributed by atoms with Crippen molar-refractivity contribution in [2.75, 3.05) is 27.2 Å². The zero-order valence-corrected chi connectivity index (χ0v) is 24.3. The molecule has 0 heterocycles. The van der Waals surface area contributed by atoms with Gasteiger partial charge in [-0.3, -0.25) is 4.79 Å². The molecular weight excluding hydrogens is 592 g/mol. The summed E-state index contributed by atoms with van der Waals surface area (Å²) >= 11 is 0. The molecule has 0 aromatic heterocycles. The Morgan fingerprint density at radius 2 is 1.18 bits per heavy atom. The lowest BCUT2D eigenvalue weighted by Crippen LogP contribution is -2.31. The van der Waals surface area contributed by atoms with Crippen LogP contribution in [0.4, 0.5) is 35.1 Å². The number of rotatable bonds is 11. The first-order valence-corrected chi connectivity index (χ1v) is 13.5. The predicted molar refractivity (Wildman–Crippen MR) is 155 cm³/mol. The van der Waals surface area contributed by atoms with Gasteiger partial charge in [0.2, 0.25) is 0 Å². The highest BCUT2D eigenvalue weighted by atomic mass is 19.4. The molecule has 0 saturated carbocycles. The Kier molecular flexibility index (Phi) is 13.3. The summed E-state index contributed by atoms with van der Waals surface area (Å²) in [6.07, 6.45) is -5.38. The van der Waals surface area contributed by atoms with Gasteiger partial charge in [-0.15, -0.1) is 13.2 Å². The van der Waals surface area contributed by atoms with E-state index in [2.05, 4.69) is 18.5 Å². The normalized spacial score (nSPS) is 12.9. The number of nitrogens with one attached hydrogen (secondary N) is 1. The van der Waals surface area contributed by atoms with Gasteiger partial charge >= 0.3 is 12.4 Å². The third-order valence-corrected chi connectivity index (χ3v) is 6.71. The molecule has 1 amide bonds. The Hall–Kier alpha value is -3.99. The Balaban J connectivity index is 0.000000402. The van der Waals surface area contributed by atoms with E-state index in [1.165, 1.54) is 43.4 Å². The minimum Gasteiger partial charge on any atom is -0.341 e. The van der Waals surface area contributed by atoms with Crippen LogP contribution in [-0.4, -0.2) is 38.0 Å². The summed E-state index contributed by atoms with van der Waals surface area (Å²) in [5.41, 5.74) is -2.04. The Morgan fingerprint density at radius 1 is 0.773 bits per heavy atom. The van der Waals surface area contributed by atoms with Gasteiger partial charge in [-0.1, -0.05) is 36.4 Å². The van der Waals surface area contributed by atoms with Crippen LogP contribution in [0.25, 0.3) is 0 Å². The zero-order chi connectivity index (χ0) is 33.1. The highest BCUT2D eigenvalue weighted by molar-refractivity contribution is 5.94. The number of allylic oxidation sites excluding steroid dienone is 2. The molecule has 0 spiro atoms. The minimum atomic E-state index is -5.05. The van der Waals surface area contributed by atoms with Crippen molar-refractivity contribution in [3.8, 4) is 0 Å². The van der Waals surface area contributed by atoms with Gasteiger partial charge in [0, 0.05) is 31.6 Å². The Labute approximate surface area is 251 Å². The topological polar surface area (TPSA) is 32.3 Å². The third-order valence-electron chi connectivity index (χ3n) is 6.71. The van der Waals surface area contributed by atoms with Crippen LogP contribution in [0.15, 0.2) is 92.0 Å². The first-order valence-electron chi connectivity index (χ1n) is 13.5. The average Bonchev–Trinajstić information content (AvgIpc) is 2.96. The number of hydrogen-bond donors (Lipinski definition) is 1. The van der Waals surface area contributed by atoms with Crippen molar-refractivity contribution in [1.29, 1.82) is 0 Å². The largest absolute Gasteiger partial charge is 0.416 e. The number of benzene rings is 3. The molecule has 0 aliphatic carbocycles. The second-order valence-corrected chi connectivity index (χ2v) is 10.1. The lowest BCUT2D eigenvalue weighted by Gasteiger charge is -2.25. The number of alkyl halides is 6. The van der Waals surface area contributed by atoms with Gasteiger partial charge in [-0.2, -0.15) is 26.3 Å². The predicted octanol–water partition coefficient (Wildman–Crippen LogP) is 9.00. The Bertz CT molecular complexity index is 1330. The molecule has 0 unspecified atom stereocenters. The van der Waals surface area contributed by atoms with Gasteiger partial charge < -0.3 is 10.2 Å². The maximum atomic E-state index is 13.1. The smallest absolute Gasteiger partial charge is 0.341 e. The molecular formula is C33H34F8N2O. The number of halogens is 8. The molecule has 2 atom stereocenters. The molecule has 3 rings (SSSR count). The molecule has 1 N–H and O–H groups in total. The first-order chi connectivity index (χ1) is 20.6. The standard InChI is InChI=1S/C21H18F7NO.C12H16FN/c1-3-4-14(13-5-7-18(22)8-6-13)12-29(2)19(30)15-9-16(20(23,24)25)11-17(10-15)21(26,27)28;1-3-4-11(9-14-2)10-5-7-12(13)8-6-10/h3,5-11,14H,1,4,12H2,2H3;3,5-8,11,14H,1,4,9H2,2H3/t14-;11-/m11/s1. The molecule has 0 saturated heterocycles. The molecule has 3 nitrogen and oxygen atoms in total. The van der Waals surface area contributed by atoms with Crippen molar-refractivity contribution < 1.29 is 39.9 Å². The van der Waals surface area contributed by atoms with Crippen LogP contribution in [0.3, 0.4) is 0 Å². The van der Waals surface area contributed by atoms with E-state index < -0.39 is 40.8 Å². The van der Waals surface area contributed by atoms with E-state index in [1.807, 2.05) is 25.3 Å². The van der Waals surface area contributed by atoms with E-state index in [-0.39, 0.29) is 24.3 Å². The molecule has 0 fully saturated rings. The van der Waals surface area contributed by atoms with E-state index >= 15 is 0 Å². The zero-order valence-electron chi connectivity index (χ0n) is 24.3. The van der Waals surface area contributed by atoms with Crippen molar-refractivity contribution in [3.05, 3.63) is 131 Å². The Morgan fingerprint density at radius 3 is 1.57 bits per heavy atom. The number of nitrogens with zero attached hydrogens (tertiary/aromatic N) is 1. The molecule has 0 aliphatic heterocycles. The van der Waals surface area contributed by atoms with Gasteiger partial charge in [0.25, 0.3) is 5.91 Å². The third kappa shape index (κ3) is 10.9. The molecule has 44 heavy (non-hydrogen) atoms. The van der Waals surface area contributed by atoms with Gasteiger partial charge in [-0.25, -0.2) is 8.78 Å². The van der Waals surface area contributed by atoms with Gasteiger partial charge in [-0.05, 0) is 79.4 Å². The number of carbonyl (C=O) groups is 1. The number of hydrogen-bond acceptors (Lipinski definition) is 2. The SMILES string of the molecule is C=CC[C@H](CN(C)C(=O)c1cc(C(F)(F)F)cc(C(F)(F)F)c1)c1ccc(F)cc1.C=CC[C@H](CNC)c1ccc(F)cc1. The van der Waals surface area contributed by atoms with Gasteiger partial charge in [0.15, 0.2) is 0 Å². The average molecular weight is 627 g/mol. The molecule has 3 aromatic carbocycles. The van der Waals surface area contributed by atoms with Crippen LogP contribution in [0.1, 0.15) is 57.3 Å². The van der Waals surface area contributed by atoms with Crippen LogP contribution in [0.5, 0.6) is 0 Å². The number of amides is 1. The maximum absolute atomic E-state index is 13.1. The molecule has 3 aromatic rings. The summed E-state index contributed by atoms with van der Waals surface area (Å²) < 4.78 is 104. The van der Waals surface area contributed by atoms with Crippen LogP contribution < -0.4 is 5.32 Å². The summed E-state index contributed by atoms with van der Waals surface area (Å²) in [5.74, 6) is -1.63. The van der Waals surface area contributed by atoms with Crippen molar-refractivity contribution >= 4 is 5.91 Å². The number of carbonyl (C=O) groups excluding carboxylic acids is 1. The second-order valence-electron chi connectivity index (χ2n) is 10.1. The van der Waals surface area contributed by atoms with Crippen LogP contribution in [0.2, 0.25) is 0 Å². The number of likely N-dealkylation sites (N-methyl/N-ethyl adjacent to an activating group) is 2. The van der Waals surface area contributed by atoms with E-state index in [9.17, 15) is 39.9 Å².